The summed E-state index contributed by atoms with van der Waals surface area (Å²) in [7, 11) is 1.91. The molecule has 3 rings (SSSR count). The number of nitrogens with zero attached hydrogens (tertiary/aromatic N) is 4. The van der Waals surface area contributed by atoms with Crippen LogP contribution < -0.4 is 4.90 Å². The van der Waals surface area contributed by atoms with Gasteiger partial charge in [-0.2, -0.15) is 0 Å². The number of hydrogen-bond donors (Lipinski definition) is 0. The van der Waals surface area contributed by atoms with Gasteiger partial charge < -0.3 is 9.42 Å². The van der Waals surface area contributed by atoms with E-state index in [4.69, 9.17) is 4.52 Å². The van der Waals surface area contributed by atoms with Gasteiger partial charge in [-0.3, -0.25) is 0 Å². The summed E-state index contributed by atoms with van der Waals surface area (Å²) in [5.74, 6) is 0.468. The summed E-state index contributed by atoms with van der Waals surface area (Å²) in [4.78, 5) is 10.2. The highest BCUT2D eigenvalue weighted by molar-refractivity contribution is 5.79. The highest BCUT2D eigenvalue weighted by Crippen LogP contribution is 2.21. The summed E-state index contributed by atoms with van der Waals surface area (Å²) in [5, 5.41) is 4.81. The molecule has 2 aromatic heterocycles. The molecule has 2 heterocycles. The second-order valence-corrected chi connectivity index (χ2v) is 4.64. The summed E-state index contributed by atoms with van der Waals surface area (Å²) in [6.07, 6.45) is 1.53. The minimum atomic E-state index is -0.333. The van der Waals surface area contributed by atoms with E-state index in [2.05, 4.69) is 15.1 Å². The largest absolute Gasteiger partial charge is 0.356 e. The summed E-state index contributed by atoms with van der Waals surface area (Å²) in [6, 6.07) is 6.30. The van der Waals surface area contributed by atoms with Gasteiger partial charge in [0.05, 0.1) is 6.54 Å². The Kier molecular flexibility index (Phi) is 3.06. The molecule has 3 aromatic rings. The van der Waals surface area contributed by atoms with Gasteiger partial charge in [0.1, 0.15) is 23.7 Å². The Morgan fingerprint density at radius 1 is 1.25 bits per heavy atom. The third-order valence-electron chi connectivity index (χ3n) is 3.08. The van der Waals surface area contributed by atoms with Crippen molar-refractivity contribution in [2.24, 2.45) is 0 Å². The lowest BCUT2D eigenvalue weighted by atomic mass is 10.2. The Morgan fingerprint density at radius 3 is 2.90 bits per heavy atom. The molecule has 0 aliphatic carbocycles. The highest BCUT2D eigenvalue weighted by atomic mass is 19.1. The van der Waals surface area contributed by atoms with Crippen molar-refractivity contribution in [3.05, 3.63) is 47.8 Å². The number of anilines is 1. The molecule has 0 unspecified atom stereocenters. The maximum Gasteiger partial charge on any atom is 0.170 e. The fourth-order valence-electron chi connectivity index (χ4n) is 2.03. The Morgan fingerprint density at radius 2 is 2.10 bits per heavy atom. The molecule has 0 aliphatic heterocycles. The molecule has 0 saturated heterocycles. The Labute approximate surface area is 115 Å². The van der Waals surface area contributed by atoms with Crippen molar-refractivity contribution in [2.45, 2.75) is 13.5 Å². The van der Waals surface area contributed by atoms with E-state index < -0.39 is 0 Å². The van der Waals surface area contributed by atoms with Gasteiger partial charge >= 0.3 is 0 Å². The fourth-order valence-corrected chi connectivity index (χ4v) is 2.03. The number of rotatable bonds is 3. The molecule has 0 bridgehead atoms. The van der Waals surface area contributed by atoms with E-state index in [0.717, 1.165) is 22.6 Å². The molecule has 0 radical (unpaired) electrons. The maximum atomic E-state index is 13.1. The zero-order valence-corrected chi connectivity index (χ0v) is 11.2. The molecule has 102 valence electrons. The third-order valence-corrected chi connectivity index (χ3v) is 3.08. The summed E-state index contributed by atoms with van der Waals surface area (Å²) >= 11 is 0. The first-order valence-electron chi connectivity index (χ1n) is 6.17. The van der Waals surface area contributed by atoms with Crippen LogP contribution in [-0.2, 0) is 6.54 Å². The first-order valence-corrected chi connectivity index (χ1v) is 6.17. The van der Waals surface area contributed by atoms with Crippen LogP contribution >= 0.6 is 0 Å². The predicted octanol–water partition coefficient (Wildman–Crippen LogP) is 2.70. The molecule has 6 heteroatoms. The van der Waals surface area contributed by atoms with Crippen LogP contribution in [0.3, 0.4) is 0 Å². The Hall–Kier alpha value is -2.50. The molecular weight excluding hydrogens is 259 g/mol. The lowest BCUT2D eigenvalue weighted by Gasteiger charge is -2.16. The van der Waals surface area contributed by atoms with E-state index >= 15 is 0 Å². The number of aryl methyl sites for hydroxylation is 1. The van der Waals surface area contributed by atoms with Crippen molar-refractivity contribution < 1.29 is 8.91 Å². The van der Waals surface area contributed by atoms with Crippen LogP contribution in [0.4, 0.5) is 10.2 Å². The maximum absolute atomic E-state index is 13.1. The van der Waals surface area contributed by atoms with Crippen molar-refractivity contribution >= 4 is 16.8 Å². The second kappa shape index (κ2) is 4.88. The molecular formula is C14H13FN4O. The van der Waals surface area contributed by atoms with Crippen LogP contribution in [0.5, 0.6) is 0 Å². The molecule has 0 aliphatic rings. The van der Waals surface area contributed by atoms with Gasteiger partial charge in [-0.25, -0.2) is 14.4 Å². The van der Waals surface area contributed by atoms with Crippen molar-refractivity contribution in [2.75, 3.05) is 11.9 Å². The van der Waals surface area contributed by atoms with Crippen molar-refractivity contribution in [3.8, 4) is 0 Å². The summed E-state index contributed by atoms with van der Waals surface area (Å²) in [5.41, 5.74) is 2.10. The normalized spacial score (nSPS) is 10.9. The van der Waals surface area contributed by atoms with Gasteiger partial charge in [-0.05, 0) is 19.1 Å². The van der Waals surface area contributed by atoms with Crippen LogP contribution in [0, 0.1) is 12.7 Å². The zero-order chi connectivity index (χ0) is 14.1. The molecule has 0 atom stereocenters. The smallest absolute Gasteiger partial charge is 0.170 e. The van der Waals surface area contributed by atoms with Crippen LogP contribution in [0.2, 0.25) is 0 Å². The van der Waals surface area contributed by atoms with Gasteiger partial charge in [-0.15, -0.1) is 0 Å². The second-order valence-electron chi connectivity index (χ2n) is 4.64. The van der Waals surface area contributed by atoms with E-state index in [1.807, 2.05) is 24.9 Å². The van der Waals surface area contributed by atoms with E-state index in [-0.39, 0.29) is 5.82 Å². The van der Waals surface area contributed by atoms with E-state index in [0.29, 0.717) is 12.1 Å². The average Bonchev–Trinajstić information content (AvgIpc) is 2.81. The first-order chi connectivity index (χ1) is 9.63. The van der Waals surface area contributed by atoms with E-state index in [1.54, 1.807) is 6.07 Å². The zero-order valence-electron chi connectivity index (χ0n) is 11.2. The molecule has 0 saturated carbocycles. The van der Waals surface area contributed by atoms with Crippen LogP contribution in [0.1, 0.15) is 11.4 Å². The van der Waals surface area contributed by atoms with Gasteiger partial charge in [0, 0.05) is 30.3 Å². The molecule has 1 aromatic carbocycles. The minimum absolute atomic E-state index is 0.333. The number of fused-ring (bicyclic) bond motifs is 1. The standard InChI is InChI=1S/C14H13FN4O/c1-9-5-14(17-8-16-9)19(2)7-12-11-4-3-10(15)6-13(11)20-18-12/h3-6,8H,7H2,1-2H3. The minimum Gasteiger partial charge on any atom is -0.356 e. The summed E-state index contributed by atoms with van der Waals surface area (Å²) < 4.78 is 18.2. The molecule has 0 fully saturated rings. The number of halogens is 1. The Balaban J connectivity index is 1.89. The molecule has 0 spiro atoms. The van der Waals surface area contributed by atoms with Crippen LogP contribution in [-0.4, -0.2) is 22.2 Å². The monoisotopic (exact) mass is 272 g/mol. The fraction of sp³-hybridized carbons (Fsp3) is 0.214. The van der Waals surface area contributed by atoms with Crippen LogP contribution in [0.15, 0.2) is 35.1 Å². The number of hydrogen-bond acceptors (Lipinski definition) is 5. The average molecular weight is 272 g/mol. The van der Waals surface area contributed by atoms with Crippen molar-refractivity contribution in [1.82, 2.24) is 15.1 Å². The highest BCUT2D eigenvalue weighted by Gasteiger charge is 2.12. The van der Waals surface area contributed by atoms with Gasteiger partial charge in [-0.1, -0.05) is 5.16 Å². The molecule has 0 amide bonds. The molecule has 5 nitrogen and oxygen atoms in total. The van der Waals surface area contributed by atoms with Crippen molar-refractivity contribution in [1.29, 1.82) is 0 Å². The molecule has 0 N–H and O–H groups in total. The van der Waals surface area contributed by atoms with E-state index in [1.165, 1.54) is 18.5 Å². The van der Waals surface area contributed by atoms with Crippen LogP contribution in [0.25, 0.3) is 11.0 Å². The third kappa shape index (κ3) is 2.32. The van der Waals surface area contributed by atoms with Gasteiger partial charge in [0.15, 0.2) is 5.58 Å². The SMILES string of the molecule is Cc1cc(N(C)Cc2noc3cc(F)ccc23)ncn1. The quantitative estimate of drug-likeness (QED) is 0.733. The lowest BCUT2D eigenvalue weighted by molar-refractivity contribution is 0.444. The number of benzene rings is 1. The Bertz CT molecular complexity index is 756. The predicted molar refractivity (Wildman–Crippen MR) is 72.8 cm³/mol. The first kappa shape index (κ1) is 12.5. The lowest BCUT2D eigenvalue weighted by Crippen LogP contribution is -2.18. The topological polar surface area (TPSA) is 55.1 Å². The van der Waals surface area contributed by atoms with Gasteiger partial charge in [0.2, 0.25) is 0 Å². The number of aromatic nitrogens is 3. The summed E-state index contributed by atoms with van der Waals surface area (Å²) in [6.45, 7) is 2.43. The van der Waals surface area contributed by atoms with Gasteiger partial charge in [0.25, 0.3) is 0 Å². The van der Waals surface area contributed by atoms with E-state index in [9.17, 15) is 4.39 Å². The molecule has 20 heavy (non-hydrogen) atoms. The van der Waals surface area contributed by atoms with Crippen molar-refractivity contribution in [3.63, 3.8) is 0 Å².